The number of thioether (sulfide) groups is 1. The predicted molar refractivity (Wildman–Crippen MR) is 158 cm³/mol. The third-order valence-corrected chi connectivity index (χ3v) is 8.11. The van der Waals surface area contributed by atoms with Gasteiger partial charge in [-0.3, -0.25) is 9.59 Å². The van der Waals surface area contributed by atoms with E-state index in [-0.39, 0.29) is 11.8 Å². The molecule has 2 N–H and O–H groups in total. The SMILES string of the molecule is COc1ccc(C(=O)Nc2ccc3nc(SCc4ccc(C(=O)Nc5ccccc5)cc4)sc3c2)cc1OC. The van der Waals surface area contributed by atoms with Crippen LogP contribution >= 0.6 is 23.1 Å². The number of carbonyl (C=O) groups is 2. The molecule has 5 rings (SSSR count). The highest BCUT2D eigenvalue weighted by Gasteiger charge is 2.13. The lowest BCUT2D eigenvalue weighted by Gasteiger charge is -2.10. The van der Waals surface area contributed by atoms with Crippen molar-refractivity contribution in [1.82, 2.24) is 4.98 Å². The second-order valence-corrected chi connectivity index (χ2v) is 10.7. The molecule has 0 saturated heterocycles. The molecule has 0 fully saturated rings. The van der Waals surface area contributed by atoms with E-state index >= 15 is 0 Å². The molecule has 1 heterocycles. The lowest BCUT2D eigenvalue weighted by molar-refractivity contribution is 0.101. The largest absolute Gasteiger partial charge is 0.493 e. The van der Waals surface area contributed by atoms with Crippen LogP contribution in [0.4, 0.5) is 11.4 Å². The zero-order valence-electron chi connectivity index (χ0n) is 21.3. The normalized spacial score (nSPS) is 10.7. The molecule has 4 aromatic carbocycles. The van der Waals surface area contributed by atoms with Gasteiger partial charge in [-0.15, -0.1) is 11.3 Å². The summed E-state index contributed by atoms with van der Waals surface area (Å²) >= 11 is 3.21. The summed E-state index contributed by atoms with van der Waals surface area (Å²) < 4.78 is 12.5. The van der Waals surface area contributed by atoms with E-state index in [0.29, 0.717) is 28.3 Å². The monoisotopic (exact) mass is 555 g/mol. The van der Waals surface area contributed by atoms with Gasteiger partial charge in [-0.2, -0.15) is 0 Å². The molecule has 0 radical (unpaired) electrons. The zero-order valence-corrected chi connectivity index (χ0v) is 22.9. The number of methoxy groups -OCH3 is 2. The number of nitrogens with one attached hydrogen (secondary N) is 2. The van der Waals surface area contributed by atoms with Crippen LogP contribution in [0.1, 0.15) is 26.3 Å². The van der Waals surface area contributed by atoms with Gasteiger partial charge in [-0.1, -0.05) is 42.1 Å². The van der Waals surface area contributed by atoms with E-state index in [9.17, 15) is 9.59 Å². The number of anilines is 2. The summed E-state index contributed by atoms with van der Waals surface area (Å²) in [4.78, 5) is 30.0. The minimum absolute atomic E-state index is 0.138. The van der Waals surface area contributed by atoms with Crippen molar-refractivity contribution >= 4 is 56.5 Å². The van der Waals surface area contributed by atoms with Crippen molar-refractivity contribution in [2.24, 2.45) is 0 Å². The lowest BCUT2D eigenvalue weighted by Crippen LogP contribution is -2.12. The van der Waals surface area contributed by atoms with Crippen LogP contribution in [0, 0.1) is 0 Å². The smallest absolute Gasteiger partial charge is 0.255 e. The van der Waals surface area contributed by atoms with Gasteiger partial charge in [0, 0.05) is 28.3 Å². The first-order valence-corrected chi connectivity index (χ1v) is 13.8. The summed E-state index contributed by atoms with van der Waals surface area (Å²) in [6.45, 7) is 0. The van der Waals surface area contributed by atoms with Gasteiger partial charge in [-0.25, -0.2) is 4.98 Å². The Morgan fingerprint density at radius 1 is 0.769 bits per heavy atom. The van der Waals surface area contributed by atoms with E-state index in [1.165, 1.54) is 7.11 Å². The van der Waals surface area contributed by atoms with Crippen LogP contribution in [0.15, 0.2) is 95.3 Å². The number of amides is 2. The van der Waals surface area contributed by atoms with Gasteiger partial charge >= 0.3 is 0 Å². The molecule has 0 unspecified atom stereocenters. The summed E-state index contributed by atoms with van der Waals surface area (Å²) in [7, 11) is 3.09. The van der Waals surface area contributed by atoms with Gasteiger partial charge in [0.25, 0.3) is 11.8 Å². The van der Waals surface area contributed by atoms with E-state index in [4.69, 9.17) is 14.5 Å². The highest BCUT2D eigenvalue weighted by Crippen LogP contribution is 2.33. The first-order chi connectivity index (χ1) is 19.0. The topological polar surface area (TPSA) is 89.5 Å². The van der Waals surface area contributed by atoms with Crippen LogP contribution < -0.4 is 20.1 Å². The van der Waals surface area contributed by atoms with Gasteiger partial charge in [0.05, 0.1) is 24.4 Å². The average molecular weight is 556 g/mol. The summed E-state index contributed by atoms with van der Waals surface area (Å²) in [6, 6.07) is 27.7. The lowest BCUT2D eigenvalue weighted by atomic mass is 10.1. The first-order valence-electron chi connectivity index (χ1n) is 12.0. The molecule has 5 aromatic rings. The Hall–Kier alpha value is -4.34. The van der Waals surface area contributed by atoms with Gasteiger partial charge < -0.3 is 20.1 Å². The van der Waals surface area contributed by atoms with Crippen molar-refractivity contribution in [1.29, 1.82) is 0 Å². The van der Waals surface area contributed by atoms with Gasteiger partial charge in [-0.05, 0) is 66.2 Å². The van der Waals surface area contributed by atoms with E-state index in [0.717, 1.165) is 31.6 Å². The summed E-state index contributed by atoms with van der Waals surface area (Å²) in [5, 5.41) is 5.84. The second-order valence-electron chi connectivity index (χ2n) is 8.49. The zero-order chi connectivity index (χ0) is 27.2. The number of hydrogen-bond acceptors (Lipinski definition) is 7. The van der Waals surface area contributed by atoms with Crippen molar-refractivity contribution in [2.45, 2.75) is 10.1 Å². The van der Waals surface area contributed by atoms with Crippen LogP contribution in [0.2, 0.25) is 0 Å². The molecular weight excluding hydrogens is 530 g/mol. The van der Waals surface area contributed by atoms with E-state index in [1.807, 2.05) is 72.8 Å². The number of nitrogens with zero attached hydrogens (tertiary/aromatic N) is 1. The molecule has 196 valence electrons. The second kappa shape index (κ2) is 12.0. The van der Waals surface area contributed by atoms with E-state index < -0.39 is 0 Å². The molecule has 7 nitrogen and oxygen atoms in total. The number of benzene rings is 4. The van der Waals surface area contributed by atoms with E-state index in [1.54, 1.807) is 48.4 Å². The summed E-state index contributed by atoms with van der Waals surface area (Å²) in [6.07, 6.45) is 0. The summed E-state index contributed by atoms with van der Waals surface area (Å²) in [5.74, 6) is 1.41. The molecule has 0 aliphatic heterocycles. The van der Waals surface area contributed by atoms with Crippen LogP contribution in [0.25, 0.3) is 10.2 Å². The van der Waals surface area contributed by atoms with Crippen LogP contribution in [0.5, 0.6) is 11.5 Å². The fourth-order valence-corrected chi connectivity index (χ4v) is 5.91. The number of aromatic nitrogens is 1. The number of carbonyl (C=O) groups excluding carboxylic acids is 2. The molecule has 0 aliphatic rings. The van der Waals surface area contributed by atoms with Crippen molar-refractivity contribution < 1.29 is 19.1 Å². The number of ether oxygens (including phenoxy) is 2. The fraction of sp³-hybridized carbons (Fsp3) is 0.100. The highest BCUT2D eigenvalue weighted by molar-refractivity contribution is 8.00. The predicted octanol–water partition coefficient (Wildman–Crippen LogP) is 7.11. The number of para-hydroxylation sites is 1. The third kappa shape index (κ3) is 6.39. The number of fused-ring (bicyclic) bond motifs is 1. The standard InChI is InChI=1S/C30H25N3O4S2/c1-36-25-15-12-21(16-26(25)37-2)29(35)32-23-13-14-24-27(17-23)39-30(33-24)38-18-19-8-10-20(11-9-19)28(34)31-22-6-4-3-5-7-22/h3-17H,18H2,1-2H3,(H,31,34)(H,32,35). The molecule has 0 saturated carbocycles. The number of rotatable bonds is 9. The van der Waals surface area contributed by atoms with Gasteiger partial charge in [0.2, 0.25) is 0 Å². The summed E-state index contributed by atoms with van der Waals surface area (Å²) in [5.41, 5.74) is 4.50. The molecule has 2 amide bonds. The molecule has 9 heteroatoms. The van der Waals surface area contributed by atoms with Crippen molar-refractivity contribution in [2.75, 3.05) is 24.9 Å². The van der Waals surface area contributed by atoms with Crippen LogP contribution in [0.3, 0.4) is 0 Å². The maximum atomic E-state index is 12.8. The minimum Gasteiger partial charge on any atom is -0.493 e. The quantitative estimate of drug-likeness (QED) is 0.188. The Morgan fingerprint density at radius 2 is 1.46 bits per heavy atom. The molecule has 0 aliphatic carbocycles. The van der Waals surface area contributed by atoms with Crippen molar-refractivity contribution in [3.8, 4) is 11.5 Å². The average Bonchev–Trinajstić information content (AvgIpc) is 3.38. The minimum atomic E-state index is -0.240. The Balaban J connectivity index is 1.20. The van der Waals surface area contributed by atoms with Crippen LogP contribution in [-0.4, -0.2) is 31.0 Å². The number of hydrogen-bond donors (Lipinski definition) is 2. The Labute approximate surface area is 234 Å². The van der Waals surface area contributed by atoms with Crippen molar-refractivity contribution in [3.05, 3.63) is 108 Å². The fourth-order valence-electron chi connectivity index (χ4n) is 3.85. The van der Waals surface area contributed by atoms with Crippen LogP contribution in [-0.2, 0) is 5.75 Å². The Morgan fingerprint density at radius 3 is 2.21 bits per heavy atom. The molecular formula is C30H25N3O4S2. The molecule has 0 bridgehead atoms. The van der Waals surface area contributed by atoms with Gasteiger partial charge in [0.15, 0.2) is 15.8 Å². The molecule has 0 spiro atoms. The highest BCUT2D eigenvalue weighted by atomic mass is 32.2. The maximum absolute atomic E-state index is 12.8. The van der Waals surface area contributed by atoms with Gasteiger partial charge in [0.1, 0.15) is 0 Å². The maximum Gasteiger partial charge on any atom is 0.255 e. The number of thiazole rings is 1. The third-order valence-electron chi connectivity index (χ3n) is 5.88. The van der Waals surface area contributed by atoms with Crippen molar-refractivity contribution in [3.63, 3.8) is 0 Å². The Bertz CT molecular complexity index is 1620. The molecule has 0 atom stereocenters. The first kappa shape index (κ1) is 26.3. The Kier molecular flexibility index (Phi) is 8.10. The molecule has 39 heavy (non-hydrogen) atoms. The molecule has 1 aromatic heterocycles. The van der Waals surface area contributed by atoms with E-state index in [2.05, 4.69) is 10.6 Å².